The molecule has 0 aromatic carbocycles. The molecule has 2 N–H and O–H groups in total. The number of halogens is 1. The molecule has 3 rings (SSSR count). The van der Waals surface area contributed by atoms with E-state index in [-0.39, 0.29) is 29.7 Å². The van der Waals surface area contributed by atoms with Crippen LogP contribution in [0.2, 0.25) is 0 Å². The third kappa shape index (κ3) is 3.21. The van der Waals surface area contributed by atoms with Crippen LogP contribution in [0.3, 0.4) is 0 Å². The van der Waals surface area contributed by atoms with Crippen molar-refractivity contribution in [3.05, 3.63) is 52.0 Å². The SMILES string of the molecule is Cc1cccnc1COc1nc(N)nc(-c2ccc(Br)o2)c1C#N. The van der Waals surface area contributed by atoms with Gasteiger partial charge in [-0.05, 0) is 46.6 Å². The maximum atomic E-state index is 9.49. The Morgan fingerprint density at radius 3 is 2.83 bits per heavy atom. The summed E-state index contributed by atoms with van der Waals surface area (Å²) in [6.07, 6.45) is 1.68. The van der Waals surface area contributed by atoms with Crippen molar-refractivity contribution in [2.75, 3.05) is 5.73 Å². The van der Waals surface area contributed by atoms with E-state index in [2.05, 4.69) is 30.9 Å². The summed E-state index contributed by atoms with van der Waals surface area (Å²) < 4.78 is 11.6. The van der Waals surface area contributed by atoms with Crippen LogP contribution in [0.15, 0.2) is 39.5 Å². The minimum Gasteiger partial charge on any atom is -0.470 e. The lowest BCUT2D eigenvalue weighted by atomic mass is 10.2. The molecule has 3 aromatic heterocycles. The molecule has 0 aliphatic carbocycles. The fourth-order valence-corrected chi connectivity index (χ4v) is 2.39. The number of nitrogens with zero attached hydrogens (tertiary/aromatic N) is 4. The Labute approximate surface area is 146 Å². The average Bonchev–Trinajstić information content (AvgIpc) is 3.00. The number of ether oxygens (including phenoxy) is 1. The van der Waals surface area contributed by atoms with E-state index in [1.807, 2.05) is 25.1 Å². The Kier molecular flexibility index (Phi) is 4.44. The van der Waals surface area contributed by atoms with Crippen LogP contribution >= 0.6 is 15.9 Å². The number of nitrogens with two attached hydrogens (primary N) is 1. The summed E-state index contributed by atoms with van der Waals surface area (Å²) in [5, 5.41) is 9.49. The van der Waals surface area contributed by atoms with Gasteiger partial charge in [0, 0.05) is 6.20 Å². The second-order valence-electron chi connectivity index (χ2n) is 4.88. The molecule has 0 saturated carbocycles. The highest BCUT2D eigenvalue weighted by atomic mass is 79.9. The summed E-state index contributed by atoms with van der Waals surface area (Å²) in [6.45, 7) is 2.09. The van der Waals surface area contributed by atoms with Gasteiger partial charge >= 0.3 is 0 Å². The first-order chi connectivity index (χ1) is 11.6. The molecule has 0 radical (unpaired) electrons. The van der Waals surface area contributed by atoms with Crippen LogP contribution in [0.5, 0.6) is 5.88 Å². The third-order valence-corrected chi connectivity index (χ3v) is 3.70. The molecular formula is C16H12BrN5O2. The van der Waals surface area contributed by atoms with Crippen LogP contribution in [0.4, 0.5) is 5.95 Å². The minimum absolute atomic E-state index is 0.00994. The van der Waals surface area contributed by atoms with Gasteiger partial charge < -0.3 is 14.9 Å². The van der Waals surface area contributed by atoms with Crippen molar-refractivity contribution in [3.8, 4) is 23.4 Å². The van der Waals surface area contributed by atoms with Gasteiger partial charge in [0.15, 0.2) is 10.4 Å². The quantitative estimate of drug-likeness (QED) is 0.733. The van der Waals surface area contributed by atoms with Crippen LogP contribution in [-0.2, 0) is 6.61 Å². The molecule has 0 bridgehead atoms. The topological polar surface area (TPSA) is 111 Å². The highest BCUT2D eigenvalue weighted by Gasteiger charge is 2.19. The molecule has 0 saturated heterocycles. The number of aromatic nitrogens is 3. The first-order valence-corrected chi connectivity index (χ1v) is 7.74. The smallest absolute Gasteiger partial charge is 0.237 e. The molecule has 0 amide bonds. The molecule has 8 heteroatoms. The molecular weight excluding hydrogens is 374 g/mol. The highest BCUT2D eigenvalue weighted by Crippen LogP contribution is 2.31. The van der Waals surface area contributed by atoms with Crippen LogP contribution in [0.25, 0.3) is 11.5 Å². The Balaban J connectivity index is 1.98. The number of aryl methyl sites for hydroxylation is 1. The number of hydrogen-bond donors (Lipinski definition) is 1. The standard InChI is InChI=1S/C16H12BrN5O2/c1-9-3-2-6-20-11(9)8-23-15-10(7-18)14(21-16(19)22-15)12-4-5-13(17)24-12/h2-6H,8H2,1H3,(H2,19,21,22). The molecule has 3 heterocycles. The van der Waals surface area contributed by atoms with Gasteiger partial charge in [-0.3, -0.25) is 4.98 Å². The first-order valence-electron chi connectivity index (χ1n) is 6.95. The third-order valence-electron chi connectivity index (χ3n) is 3.27. The fourth-order valence-electron chi connectivity index (χ4n) is 2.09. The Hall–Kier alpha value is -2.92. The van der Waals surface area contributed by atoms with Gasteiger partial charge in [0.25, 0.3) is 0 Å². The van der Waals surface area contributed by atoms with Gasteiger partial charge in [-0.25, -0.2) is 4.98 Å². The van der Waals surface area contributed by atoms with Gasteiger partial charge in [-0.2, -0.15) is 10.2 Å². The number of hydrogen-bond acceptors (Lipinski definition) is 7. The van der Waals surface area contributed by atoms with Crippen LogP contribution in [-0.4, -0.2) is 15.0 Å². The van der Waals surface area contributed by atoms with Gasteiger partial charge in [-0.1, -0.05) is 6.07 Å². The molecule has 0 aliphatic heterocycles. The maximum Gasteiger partial charge on any atom is 0.237 e. The zero-order valence-corrected chi connectivity index (χ0v) is 14.2. The molecule has 0 unspecified atom stereocenters. The molecule has 0 fully saturated rings. The van der Waals surface area contributed by atoms with Crippen LogP contribution < -0.4 is 10.5 Å². The number of rotatable bonds is 4. The van der Waals surface area contributed by atoms with Crippen molar-refractivity contribution in [3.63, 3.8) is 0 Å². The molecule has 0 aliphatic rings. The monoisotopic (exact) mass is 385 g/mol. The van der Waals surface area contributed by atoms with Crippen molar-refractivity contribution in [2.45, 2.75) is 13.5 Å². The van der Waals surface area contributed by atoms with Crippen molar-refractivity contribution in [1.82, 2.24) is 15.0 Å². The zero-order chi connectivity index (χ0) is 17.1. The normalized spacial score (nSPS) is 10.4. The number of nitrogen functional groups attached to an aromatic ring is 1. The minimum atomic E-state index is -0.00994. The van der Waals surface area contributed by atoms with Crippen molar-refractivity contribution in [2.24, 2.45) is 0 Å². The van der Waals surface area contributed by atoms with Gasteiger partial charge in [0.2, 0.25) is 11.8 Å². The Morgan fingerprint density at radius 2 is 2.17 bits per heavy atom. The van der Waals surface area contributed by atoms with Gasteiger partial charge in [0.1, 0.15) is 23.9 Å². The molecule has 0 spiro atoms. The van der Waals surface area contributed by atoms with E-state index in [1.165, 1.54) is 0 Å². The number of pyridine rings is 1. The molecule has 24 heavy (non-hydrogen) atoms. The molecule has 120 valence electrons. The van der Waals surface area contributed by atoms with Crippen molar-refractivity contribution in [1.29, 1.82) is 5.26 Å². The predicted molar refractivity (Wildman–Crippen MR) is 89.9 cm³/mol. The van der Waals surface area contributed by atoms with E-state index in [1.54, 1.807) is 18.3 Å². The molecule has 3 aromatic rings. The Bertz CT molecular complexity index is 932. The lowest BCUT2D eigenvalue weighted by Crippen LogP contribution is -2.07. The summed E-state index contributed by atoms with van der Waals surface area (Å²) >= 11 is 3.22. The van der Waals surface area contributed by atoms with E-state index < -0.39 is 0 Å². The van der Waals surface area contributed by atoms with Gasteiger partial charge in [-0.15, -0.1) is 0 Å². The van der Waals surface area contributed by atoms with Crippen LogP contribution in [0.1, 0.15) is 16.8 Å². The molecule has 7 nitrogen and oxygen atoms in total. The highest BCUT2D eigenvalue weighted by molar-refractivity contribution is 9.10. The van der Waals surface area contributed by atoms with E-state index >= 15 is 0 Å². The maximum absolute atomic E-state index is 9.49. The predicted octanol–water partition coefficient (Wildman–Crippen LogP) is 3.24. The summed E-state index contributed by atoms with van der Waals surface area (Å²) in [5.41, 5.74) is 7.91. The van der Waals surface area contributed by atoms with Gasteiger partial charge in [0.05, 0.1) is 5.69 Å². The summed E-state index contributed by atoms with van der Waals surface area (Å²) in [7, 11) is 0. The number of anilines is 1. The number of furan rings is 1. The zero-order valence-electron chi connectivity index (χ0n) is 12.7. The Morgan fingerprint density at radius 1 is 1.33 bits per heavy atom. The lowest BCUT2D eigenvalue weighted by molar-refractivity contribution is 0.287. The summed E-state index contributed by atoms with van der Waals surface area (Å²) in [4.78, 5) is 12.4. The van der Waals surface area contributed by atoms with E-state index in [4.69, 9.17) is 14.9 Å². The van der Waals surface area contributed by atoms with Crippen molar-refractivity contribution >= 4 is 21.9 Å². The van der Waals surface area contributed by atoms with Crippen LogP contribution in [0, 0.1) is 18.3 Å². The second kappa shape index (κ2) is 6.68. The average molecular weight is 386 g/mol. The molecule has 0 atom stereocenters. The van der Waals surface area contributed by atoms with Crippen molar-refractivity contribution < 1.29 is 9.15 Å². The second-order valence-corrected chi connectivity index (χ2v) is 5.66. The largest absolute Gasteiger partial charge is 0.470 e. The van der Waals surface area contributed by atoms with E-state index in [0.717, 1.165) is 11.3 Å². The lowest BCUT2D eigenvalue weighted by Gasteiger charge is -2.10. The number of nitriles is 1. The summed E-state index contributed by atoms with van der Waals surface area (Å²) in [5.74, 6) is 0.480. The fraction of sp³-hybridized carbons (Fsp3) is 0.125. The summed E-state index contributed by atoms with van der Waals surface area (Å²) in [6, 6.07) is 9.20. The van der Waals surface area contributed by atoms with E-state index in [9.17, 15) is 5.26 Å². The van der Waals surface area contributed by atoms with E-state index in [0.29, 0.717) is 10.4 Å². The first kappa shape index (κ1) is 16.0.